The molecule has 2 rings (SSSR count). The van der Waals surface area contributed by atoms with Crippen LogP contribution in [0, 0.1) is 6.92 Å². The van der Waals surface area contributed by atoms with Gasteiger partial charge in [0.2, 0.25) is 0 Å². The topological polar surface area (TPSA) is 15.6 Å². The highest BCUT2D eigenvalue weighted by molar-refractivity contribution is 6.79. The van der Waals surface area contributed by atoms with E-state index >= 15 is 0 Å². The Kier molecular flexibility index (Phi) is 5.56. The van der Waals surface area contributed by atoms with Crippen LogP contribution in [0.2, 0.25) is 29.7 Å². The van der Waals surface area contributed by atoms with Crippen molar-refractivity contribution < 1.29 is 0 Å². The van der Waals surface area contributed by atoms with Crippen molar-refractivity contribution in [2.75, 3.05) is 11.6 Å². The molecule has 0 spiro atoms. The lowest BCUT2D eigenvalue weighted by Gasteiger charge is -2.33. The third-order valence-electron chi connectivity index (χ3n) is 3.80. The number of hydrogen-bond donors (Lipinski definition) is 0. The molecule has 0 fully saturated rings. The average Bonchev–Trinajstić information content (AvgIpc) is 2.45. The summed E-state index contributed by atoms with van der Waals surface area (Å²) in [6.45, 7) is 9.06. The molecule has 0 saturated heterocycles. The van der Waals surface area contributed by atoms with Gasteiger partial charge in [-0.3, -0.25) is 4.99 Å². The zero-order chi connectivity index (χ0) is 17.2. The van der Waals surface area contributed by atoms with Crippen LogP contribution in [-0.4, -0.2) is 21.5 Å². The van der Waals surface area contributed by atoms with Crippen molar-refractivity contribution in [1.82, 2.24) is 0 Å². The van der Waals surface area contributed by atoms with Crippen molar-refractivity contribution in [3.63, 3.8) is 0 Å². The lowest BCUT2D eigenvalue weighted by molar-refractivity contribution is 1.24. The molecule has 0 radical (unpaired) electrons. The molecule has 23 heavy (non-hydrogen) atoms. The fraction of sp³-hybridized carbons (Fsp3) is 0.278. The van der Waals surface area contributed by atoms with E-state index < -0.39 is 8.24 Å². The van der Waals surface area contributed by atoms with Crippen LogP contribution in [0.5, 0.6) is 0 Å². The molecular formula is C18H22Cl2N2Si. The van der Waals surface area contributed by atoms with Crippen LogP contribution in [0.3, 0.4) is 0 Å². The van der Waals surface area contributed by atoms with Gasteiger partial charge in [0, 0.05) is 22.5 Å². The van der Waals surface area contributed by atoms with E-state index in [1.165, 1.54) is 11.3 Å². The maximum absolute atomic E-state index is 6.20. The molecule has 122 valence electrons. The summed E-state index contributed by atoms with van der Waals surface area (Å²) < 4.78 is 2.39. The molecule has 0 saturated carbocycles. The Labute approximate surface area is 149 Å². The van der Waals surface area contributed by atoms with E-state index in [-0.39, 0.29) is 0 Å². The number of aliphatic imine (C=N–C) groups is 1. The molecule has 2 aromatic rings. The highest BCUT2D eigenvalue weighted by Gasteiger charge is 2.22. The standard InChI is InChI=1S/C18H22Cl2N2Si/c1-13-6-9-18(22(2)23(3,4)5)14(10-13)12-21-17-8-7-15(19)11-16(17)20/h6-12H,1-5H3. The van der Waals surface area contributed by atoms with Crippen LogP contribution in [0.25, 0.3) is 0 Å². The molecule has 0 aliphatic carbocycles. The Morgan fingerprint density at radius 2 is 1.74 bits per heavy atom. The maximum atomic E-state index is 6.20. The minimum Gasteiger partial charge on any atom is -0.400 e. The number of nitrogens with zero attached hydrogens (tertiary/aromatic N) is 2. The summed E-state index contributed by atoms with van der Waals surface area (Å²) in [5.74, 6) is 0. The third-order valence-corrected chi connectivity index (χ3v) is 6.59. The first-order valence-corrected chi connectivity index (χ1v) is 11.7. The molecule has 0 unspecified atom stereocenters. The van der Waals surface area contributed by atoms with Gasteiger partial charge in [-0.2, -0.15) is 0 Å². The highest BCUT2D eigenvalue weighted by atomic mass is 35.5. The van der Waals surface area contributed by atoms with E-state index in [0.717, 1.165) is 11.3 Å². The van der Waals surface area contributed by atoms with E-state index in [1.54, 1.807) is 12.1 Å². The molecule has 2 aromatic carbocycles. The Morgan fingerprint density at radius 1 is 1.04 bits per heavy atom. The van der Waals surface area contributed by atoms with Crippen molar-refractivity contribution in [2.24, 2.45) is 4.99 Å². The number of aryl methyl sites for hydroxylation is 1. The second kappa shape index (κ2) is 7.08. The molecule has 2 nitrogen and oxygen atoms in total. The van der Waals surface area contributed by atoms with Gasteiger partial charge < -0.3 is 4.57 Å². The van der Waals surface area contributed by atoms with Crippen molar-refractivity contribution in [1.29, 1.82) is 0 Å². The highest BCUT2D eigenvalue weighted by Crippen LogP contribution is 2.29. The van der Waals surface area contributed by atoms with Crippen LogP contribution < -0.4 is 4.57 Å². The molecule has 0 heterocycles. The predicted molar refractivity (Wildman–Crippen MR) is 107 cm³/mol. The normalized spacial score (nSPS) is 12.0. The quantitative estimate of drug-likeness (QED) is 0.457. The lowest BCUT2D eigenvalue weighted by Crippen LogP contribution is -2.43. The summed E-state index contributed by atoms with van der Waals surface area (Å²) in [5, 5.41) is 1.17. The summed E-state index contributed by atoms with van der Waals surface area (Å²) in [5.41, 5.74) is 4.23. The van der Waals surface area contributed by atoms with Crippen LogP contribution in [0.4, 0.5) is 11.4 Å². The fourth-order valence-corrected chi connectivity index (χ4v) is 3.55. The van der Waals surface area contributed by atoms with Gasteiger partial charge in [-0.25, -0.2) is 0 Å². The minimum atomic E-state index is -1.45. The molecule has 0 atom stereocenters. The van der Waals surface area contributed by atoms with E-state index in [1.807, 2.05) is 12.3 Å². The van der Waals surface area contributed by atoms with Crippen LogP contribution >= 0.6 is 23.2 Å². The zero-order valence-corrected chi connectivity index (χ0v) is 16.7. The van der Waals surface area contributed by atoms with Gasteiger partial charge in [0.1, 0.15) is 8.24 Å². The summed E-state index contributed by atoms with van der Waals surface area (Å²) in [6.07, 6.45) is 1.88. The zero-order valence-electron chi connectivity index (χ0n) is 14.2. The van der Waals surface area contributed by atoms with Crippen molar-refractivity contribution >= 4 is 49.0 Å². The summed E-state index contributed by atoms with van der Waals surface area (Å²) >= 11 is 12.1. The van der Waals surface area contributed by atoms with Gasteiger partial charge in [0.15, 0.2) is 0 Å². The third kappa shape index (κ3) is 4.60. The molecule has 0 N–H and O–H groups in total. The molecule has 0 amide bonds. The smallest absolute Gasteiger partial charge is 0.147 e. The molecule has 5 heteroatoms. The van der Waals surface area contributed by atoms with Crippen molar-refractivity contribution in [3.8, 4) is 0 Å². The van der Waals surface area contributed by atoms with E-state index in [4.69, 9.17) is 23.2 Å². The Hall–Kier alpha value is -1.29. The first-order valence-electron chi connectivity index (χ1n) is 7.52. The van der Waals surface area contributed by atoms with Gasteiger partial charge in [-0.1, -0.05) is 54.5 Å². The van der Waals surface area contributed by atoms with Crippen molar-refractivity contribution in [3.05, 3.63) is 57.6 Å². The van der Waals surface area contributed by atoms with Gasteiger partial charge >= 0.3 is 0 Å². The average molecular weight is 365 g/mol. The number of halogens is 2. The summed E-state index contributed by atoms with van der Waals surface area (Å²) in [7, 11) is 0.708. The van der Waals surface area contributed by atoms with E-state index in [2.05, 4.69) is 61.4 Å². The maximum Gasteiger partial charge on any atom is 0.147 e. The predicted octanol–water partition coefficient (Wildman–Crippen LogP) is 6.32. The number of anilines is 1. The second-order valence-corrected chi connectivity index (χ2v) is 12.5. The van der Waals surface area contributed by atoms with E-state index in [0.29, 0.717) is 10.0 Å². The Morgan fingerprint density at radius 3 is 2.35 bits per heavy atom. The Balaban J connectivity index is 2.42. The monoisotopic (exact) mass is 364 g/mol. The summed E-state index contributed by atoms with van der Waals surface area (Å²) in [6, 6.07) is 11.8. The van der Waals surface area contributed by atoms with Gasteiger partial charge in [0.25, 0.3) is 0 Å². The lowest BCUT2D eigenvalue weighted by atomic mass is 10.1. The first kappa shape index (κ1) is 18.1. The Bertz CT molecular complexity index is 736. The molecular weight excluding hydrogens is 343 g/mol. The van der Waals surface area contributed by atoms with Crippen LogP contribution in [0.1, 0.15) is 11.1 Å². The van der Waals surface area contributed by atoms with Gasteiger partial charge in [-0.05, 0) is 44.3 Å². The molecule has 0 aliphatic heterocycles. The SMILES string of the molecule is Cc1ccc(N(C)[Si](C)(C)C)c(C=Nc2ccc(Cl)cc2Cl)c1. The first-order chi connectivity index (χ1) is 10.7. The number of benzene rings is 2. The fourth-order valence-electron chi connectivity index (χ4n) is 2.17. The van der Waals surface area contributed by atoms with Crippen LogP contribution in [-0.2, 0) is 0 Å². The molecule has 0 bridgehead atoms. The minimum absolute atomic E-state index is 0.557. The van der Waals surface area contributed by atoms with E-state index in [9.17, 15) is 0 Å². The largest absolute Gasteiger partial charge is 0.400 e. The van der Waals surface area contributed by atoms with Gasteiger partial charge in [0.05, 0.1) is 10.7 Å². The van der Waals surface area contributed by atoms with Gasteiger partial charge in [-0.15, -0.1) is 0 Å². The van der Waals surface area contributed by atoms with Crippen molar-refractivity contribution in [2.45, 2.75) is 26.6 Å². The molecule has 0 aromatic heterocycles. The second-order valence-electron chi connectivity index (χ2n) is 6.65. The van der Waals surface area contributed by atoms with Crippen LogP contribution in [0.15, 0.2) is 41.4 Å². The molecule has 0 aliphatic rings. The summed E-state index contributed by atoms with van der Waals surface area (Å²) in [4.78, 5) is 4.56. The number of hydrogen-bond acceptors (Lipinski definition) is 2. The number of rotatable bonds is 4.